The first kappa shape index (κ1) is 28.4. The Kier molecular flexibility index (Phi) is 8.18. The van der Waals surface area contributed by atoms with E-state index in [1.165, 1.54) is 35.6 Å². The highest BCUT2D eigenvalue weighted by atomic mass is 32.1. The van der Waals surface area contributed by atoms with Crippen LogP contribution >= 0.6 is 11.3 Å². The highest BCUT2D eigenvalue weighted by Crippen LogP contribution is 2.35. The first-order chi connectivity index (χ1) is 17.1. The van der Waals surface area contributed by atoms with E-state index in [2.05, 4.69) is 10.3 Å². The van der Waals surface area contributed by atoms with E-state index in [1.54, 1.807) is 33.2 Å². The predicted molar refractivity (Wildman–Crippen MR) is 130 cm³/mol. The summed E-state index contributed by atoms with van der Waals surface area (Å²) in [6, 6.07) is 0.515. The Labute approximate surface area is 215 Å². The second kappa shape index (κ2) is 10.7. The van der Waals surface area contributed by atoms with Crippen LogP contribution in [0.1, 0.15) is 44.5 Å². The number of aromatic nitrogens is 1. The predicted octanol–water partition coefficient (Wildman–Crippen LogP) is 3.48. The number of alkyl halides is 3. The number of aliphatic hydroxyl groups excluding tert-OH is 1. The lowest BCUT2D eigenvalue weighted by Gasteiger charge is -2.35. The van der Waals surface area contributed by atoms with Gasteiger partial charge >= 0.3 is 12.3 Å². The summed E-state index contributed by atoms with van der Waals surface area (Å²) in [5, 5.41) is 23.4. The van der Waals surface area contributed by atoms with E-state index in [0.29, 0.717) is 5.56 Å². The van der Waals surface area contributed by atoms with Crippen molar-refractivity contribution >= 4 is 29.2 Å². The van der Waals surface area contributed by atoms with Crippen molar-refractivity contribution in [3.8, 4) is 10.4 Å². The van der Waals surface area contributed by atoms with Crippen LogP contribution in [0.25, 0.3) is 10.4 Å². The lowest BCUT2D eigenvalue weighted by Crippen LogP contribution is -2.58. The maximum atomic E-state index is 14.0. The number of likely N-dealkylation sites (tertiary alicyclic amines) is 1. The average molecular weight is 543 g/mol. The molecule has 37 heavy (non-hydrogen) atoms. The van der Waals surface area contributed by atoms with Gasteiger partial charge in [0, 0.05) is 13.0 Å². The second-order valence-corrected chi connectivity index (χ2v) is 10.9. The first-order valence-electron chi connectivity index (χ1n) is 11.4. The van der Waals surface area contributed by atoms with E-state index < -0.39 is 53.7 Å². The van der Waals surface area contributed by atoms with Crippen LogP contribution in [-0.2, 0) is 9.59 Å². The Bertz CT molecular complexity index is 1150. The molecule has 0 saturated carbocycles. The molecule has 2 aromatic rings. The Hall–Kier alpha value is -3.19. The lowest BCUT2D eigenvalue weighted by molar-refractivity contribution is -0.165. The van der Waals surface area contributed by atoms with E-state index in [-0.39, 0.29) is 18.5 Å². The molecule has 13 heteroatoms. The highest BCUT2D eigenvalue weighted by Gasteiger charge is 2.47. The first-order valence-corrected chi connectivity index (χ1v) is 12.3. The van der Waals surface area contributed by atoms with E-state index in [4.69, 9.17) is 5.11 Å². The number of thiazole rings is 1. The van der Waals surface area contributed by atoms with Crippen molar-refractivity contribution in [2.24, 2.45) is 5.41 Å². The van der Waals surface area contributed by atoms with Gasteiger partial charge in [0.1, 0.15) is 12.1 Å². The molecule has 1 fully saturated rings. The van der Waals surface area contributed by atoms with Crippen LogP contribution in [0.3, 0.4) is 0 Å². The Morgan fingerprint density at radius 2 is 1.76 bits per heavy atom. The van der Waals surface area contributed by atoms with Gasteiger partial charge in [-0.25, -0.2) is 9.78 Å². The molecular formula is C24H29F3N4O5S. The van der Waals surface area contributed by atoms with E-state index >= 15 is 0 Å². The van der Waals surface area contributed by atoms with Gasteiger partial charge in [0.25, 0.3) is 0 Å². The molecule has 2 heterocycles. The SMILES string of the molecule is Cc1ncsc1-c1ccc(C(NC(=O)[C@@H]2C[C@@H](O)CN2C(=O)[C@@H](NC(=O)O)C(C)(C)C)C(F)(F)F)cc1. The number of carboxylic acid groups (broad SMARTS) is 1. The summed E-state index contributed by atoms with van der Waals surface area (Å²) in [6.07, 6.45) is -7.75. The van der Waals surface area contributed by atoms with Crippen LogP contribution < -0.4 is 10.6 Å². The van der Waals surface area contributed by atoms with Gasteiger partial charge in [-0.3, -0.25) is 9.59 Å². The molecule has 0 spiro atoms. The number of rotatable bonds is 6. The molecule has 3 amide bonds. The number of nitrogens with one attached hydrogen (secondary N) is 2. The summed E-state index contributed by atoms with van der Waals surface area (Å²) in [6.45, 7) is 6.28. The zero-order valence-corrected chi connectivity index (χ0v) is 21.5. The number of aryl methyl sites for hydroxylation is 1. The number of hydrogen-bond acceptors (Lipinski definition) is 6. The molecule has 1 saturated heterocycles. The van der Waals surface area contributed by atoms with Crippen molar-refractivity contribution in [3.63, 3.8) is 0 Å². The monoisotopic (exact) mass is 542 g/mol. The summed E-state index contributed by atoms with van der Waals surface area (Å²) in [4.78, 5) is 43.4. The van der Waals surface area contributed by atoms with E-state index in [1.807, 2.05) is 5.32 Å². The van der Waals surface area contributed by atoms with E-state index in [9.17, 15) is 32.7 Å². The van der Waals surface area contributed by atoms with Gasteiger partial charge in [-0.05, 0) is 23.5 Å². The van der Waals surface area contributed by atoms with Crippen LogP contribution in [0.4, 0.5) is 18.0 Å². The summed E-state index contributed by atoms with van der Waals surface area (Å²) in [5.74, 6) is -1.91. The zero-order chi connectivity index (χ0) is 27.7. The third kappa shape index (κ3) is 6.58. The summed E-state index contributed by atoms with van der Waals surface area (Å²) in [5.41, 5.74) is 1.95. The van der Waals surface area contributed by atoms with Crippen molar-refractivity contribution in [2.75, 3.05) is 6.54 Å². The number of carbonyl (C=O) groups excluding carboxylic acids is 2. The largest absolute Gasteiger partial charge is 0.465 e. The van der Waals surface area contributed by atoms with Crippen LogP contribution in [0, 0.1) is 12.3 Å². The molecule has 1 aliphatic heterocycles. The summed E-state index contributed by atoms with van der Waals surface area (Å²) < 4.78 is 42.1. The van der Waals surface area contributed by atoms with Gasteiger partial charge < -0.3 is 25.7 Å². The quantitative estimate of drug-likeness (QED) is 0.442. The van der Waals surface area contributed by atoms with Crippen molar-refractivity contribution in [3.05, 3.63) is 41.0 Å². The number of aliphatic hydroxyl groups is 1. The fraction of sp³-hybridized carbons (Fsp3) is 0.500. The van der Waals surface area contributed by atoms with Crippen LogP contribution in [0.5, 0.6) is 0 Å². The molecule has 1 unspecified atom stereocenters. The molecule has 202 valence electrons. The molecule has 9 nitrogen and oxygen atoms in total. The number of β-amino-alcohol motifs (C(OH)–C–C–N with tert-alkyl or cyclic N) is 1. The third-order valence-corrected chi connectivity index (χ3v) is 7.09. The summed E-state index contributed by atoms with van der Waals surface area (Å²) in [7, 11) is 0. The molecule has 0 aliphatic carbocycles. The Morgan fingerprint density at radius 1 is 1.14 bits per heavy atom. The van der Waals surface area contributed by atoms with Crippen LogP contribution in [0.2, 0.25) is 0 Å². The van der Waals surface area contributed by atoms with Crippen LogP contribution in [-0.4, -0.2) is 68.9 Å². The molecule has 1 aliphatic rings. The third-order valence-electron chi connectivity index (χ3n) is 6.11. The minimum atomic E-state index is -4.84. The number of hydrogen-bond donors (Lipinski definition) is 4. The smallest absolute Gasteiger partial charge is 0.412 e. The molecule has 0 radical (unpaired) electrons. The number of amides is 3. The Morgan fingerprint density at radius 3 is 2.24 bits per heavy atom. The maximum Gasteiger partial charge on any atom is 0.412 e. The normalized spacial score (nSPS) is 19.8. The van der Waals surface area contributed by atoms with Gasteiger partial charge in [0.05, 0.1) is 22.2 Å². The lowest BCUT2D eigenvalue weighted by atomic mass is 9.85. The zero-order valence-electron chi connectivity index (χ0n) is 20.7. The van der Waals surface area contributed by atoms with Gasteiger partial charge in [-0.2, -0.15) is 13.2 Å². The van der Waals surface area contributed by atoms with Crippen LogP contribution in [0.15, 0.2) is 29.8 Å². The molecule has 3 rings (SSSR count). The molecule has 4 atom stereocenters. The number of nitrogens with zero attached hydrogens (tertiary/aromatic N) is 2. The number of benzene rings is 1. The Balaban J connectivity index is 1.85. The average Bonchev–Trinajstić information content (AvgIpc) is 3.39. The highest BCUT2D eigenvalue weighted by molar-refractivity contribution is 7.13. The van der Waals surface area contributed by atoms with Gasteiger partial charge in [-0.15, -0.1) is 11.3 Å². The van der Waals surface area contributed by atoms with Gasteiger partial charge in [0.15, 0.2) is 6.04 Å². The van der Waals surface area contributed by atoms with Gasteiger partial charge in [0.2, 0.25) is 11.8 Å². The standard InChI is InChI=1S/C24H29F3N4O5S/c1-12-17(37-11-28-12)13-5-7-14(8-6-13)18(24(25,26)27)29-20(33)16-9-15(32)10-31(16)21(34)19(23(2,3)4)30-22(35)36/h5-8,11,15-16,18-19,30,32H,9-10H2,1-4H3,(H,29,33)(H,35,36)/t15-,16+,18?,19-/m1/s1. The minimum Gasteiger partial charge on any atom is -0.465 e. The van der Waals surface area contributed by atoms with Crippen molar-refractivity contribution < 1.29 is 37.8 Å². The topological polar surface area (TPSA) is 132 Å². The molecular weight excluding hydrogens is 513 g/mol. The van der Waals surface area contributed by atoms with Crippen molar-refractivity contribution in [1.82, 2.24) is 20.5 Å². The van der Waals surface area contributed by atoms with Crippen molar-refractivity contribution in [2.45, 2.75) is 64.5 Å². The molecule has 1 aromatic heterocycles. The molecule has 4 N–H and O–H groups in total. The van der Waals surface area contributed by atoms with Gasteiger partial charge in [-0.1, -0.05) is 45.0 Å². The maximum absolute atomic E-state index is 14.0. The molecule has 0 bridgehead atoms. The van der Waals surface area contributed by atoms with Crippen molar-refractivity contribution in [1.29, 1.82) is 0 Å². The van der Waals surface area contributed by atoms with E-state index in [0.717, 1.165) is 15.5 Å². The second-order valence-electron chi connectivity index (χ2n) is 10.0. The fourth-order valence-electron chi connectivity index (χ4n) is 4.24. The summed E-state index contributed by atoms with van der Waals surface area (Å²) >= 11 is 1.35. The minimum absolute atomic E-state index is 0.205. The fourth-order valence-corrected chi connectivity index (χ4v) is 5.05. The number of halogens is 3. The molecule has 1 aromatic carbocycles. The number of carbonyl (C=O) groups is 3.